The Hall–Kier alpha value is -1.60. The van der Waals surface area contributed by atoms with Gasteiger partial charge in [-0.05, 0) is 28.4 Å². The molecule has 1 atom stereocenters. The lowest BCUT2D eigenvalue weighted by molar-refractivity contribution is 0.537. The molecule has 0 bridgehead atoms. The van der Waals surface area contributed by atoms with Crippen molar-refractivity contribution in [1.29, 1.82) is 0 Å². The second-order valence-electron chi connectivity index (χ2n) is 2.47. The van der Waals surface area contributed by atoms with Gasteiger partial charge in [0.15, 0.2) is 0 Å². The van der Waals surface area contributed by atoms with Crippen LogP contribution in [0.15, 0.2) is 29.2 Å². The molecule has 2 aromatic rings. The number of H-pyrrole nitrogens is 1. The Morgan fingerprint density at radius 3 is 2.79 bits per heavy atom. The molecule has 0 aliphatic heterocycles. The van der Waals surface area contributed by atoms with E-state index >= 15 is 0 Å². The van der Waals surface area contributed by atoms with E-state index in [0.29, 0.717) is 5.56 Å². The molecule has 7 heteroatoms. The zero-order valence-corrected chi connectivity index (χ0v) is 7.69. The first-order valence-electron chi connectivity index (χ1n) is 3.71. The molecule has 1 aromatic carbocycles. The Kier molecular flexibility index (Phi) is 2.33. The maximum atomic E-state index is 10.8. The number of benzene rings is 1. The van der Waals surface area contributed by atoms with E-state index in [9.17, 15) is 8.76 Å². The van der Waals surface area contributed by atoms with Gasteiger partial charge in [-0.25, -0.2) is 0 Å². The molecular weight excluding hydrogens is 204 g/mol. The molecule has 2 rings (SSSR count). The first-order chi connectivity index (χ1) is 6.79. The van der Waals surface area contributed by atoms with Crippen molar-refractivity contribution in [3.63, 3.8) is 0 Å². The van der Waals surface area contributed by atoms with Gasteiger partial charge in [0.2, 0.25) is 5.82 Å². The van der Waals surface area contributed by atoms with E-state index in [1.165, 1.54) is 6.07 Å². The van der Waals surface area contributed by atoms with E-state index in [4.69, 9.17) is 0 Å². The lowest BCUT2D eigenvalue weighted by Gasteiger charge is -2.07. The predicted octanol–water partition coefficient (Wildman–Crippen LogP) is 0.105. The van der Waals surface area contributed by atoms with Crippen LogP contribution < -0.4 is 0 Å². The van der Waals surface area contributed by atoms with E-state index in [1.807, 2.05) is 0 Å². The van der Waals surface area contributed by atoms with Gasteiger partial charge in [0.25, 0.3) is 0 Å². The molecule has 1 N–H and O–H groups in total. The van der Waals surface area contributed by atoms with E-state index in [-0.39, 0.29) is 10.7 Å². The molecule has 0 fully saturated rings. The summed E-state index contributed by atoms with van der Waals surface area (Å²) in [4.78, 5) is 0.161. The Labute approximate surface area is 81.6 Å². The minimum absolute atomic E-state index is 0.161. The van der Waals surface area contributed by atoms with Crippen molar-refractivity contribution in [2.45, 2.75) is 4.90 Å². The highest BCUT2D eigenvalue weighted by Crippen LogP contribution is 2.20. The Balaban J connectivity index is 2.58. The minimum Gasteiger partial charge on any atom is -0.768 e. The Morgan fingerprint density at radius 1 is 1.36 bits per heavy atom. The molecular formula is C7H5N4O2S-. The minimum atomic E-state index is -2.30. The highest BCUT2D eigenvalue weighted by atomic mass is 32.2. The van der Waals surface area contributed by atoms with Gasteiger partial charge in [0.05, 0.1) is 0 Å². The summed E-state index contributed by atoms with van der Waals surface area (Å²) in [5, 5.41) is 13.0. The number of rotatable bonds is 2. The number of aromatic nitrogens is 4. The van der Waals surface area contributed by atoms with Crippen molar-refractivity contribution in [2.75, 3.05) is 0 Å². The second kappa shape index (κ2) is 3.64. The van der Waals surface area contributed by atoms with Crippen molar-refractivity contribution >= 4 is 11.1 Å². The summed E-state index contributed by atoms with van der Waals surface area (Å²) in [5.74, 6) is 0.268. The third-order valence-electron chi connectivity index (χ3n) is 1.65. The maximum Gasteiger partial charge on any atom is 0.205 e. The molecule has 0 saturated carbocycles. The smallest absolute Gasteiger partial charge is 0.205 e. The van der Waals surface area contributed by atoms with E-state index in [0.717, 1.165) is 0 Å². The van der Waals surface area contributed by atoms with Gasteiger partial charge in [-0.1, -0.05) is 12.1 Å². The fourth-order valence-electron chi connectivity index (χ4n) is 1.07. The molecule has 1 aromatic heterocycles. The van der Waals surface area contributed by atoms with Gasteiger partial charge in [-0.15, -0.1) is 10.2 Å². The molecule has 0 radical (unpaired) electrons. The van der Waals surface area contributed by atoms with Crippen LogP contribution in [0, 0.1) is 0 Å². The first-order valence-corrected chi connectivity index (χ1v) is 4.78. The van der Waals surface area contributed by atoms with Crippen molar-refractivity contribution in [3.05, 3.63) is 24.3 Å². The highest BCUT2D eigenvalue weighted by Gasteiger charge is 2.08. The molecule has 1 unspecified atom stereocenters. The third-order valence-corrected chi connectivity index (χ3v) is 2.37. The van der Waals surface area contributed by atoms with Crippen LogP contribution >= 0.6 is 0 Å². The summed E-state index contributed by atoms with van der Waals surface area (Å²) < 4.78 is 21.7. The number of tetrazole rings is 1. The largest absolute Gasteiger partial charge is 0.768 e. The predicted molar refractivity (Wildman–Crippen MR) is 46.8 cm³/mol. The summed E-state index contributed by atoms with van der Waals surface area (Å²) >= 11 is -2.30. The molecule has 0 amide bonds. The van der Waals surface area contributed by atoms with Crippen LogP contribution in [0.25, 0.3) is 11.4 Å². The van der Waals surface area contributed by atoms with Crippen LogP contribution in [-0.2, 0) is 11.1 Å². The van der Waals surface area contributed by atoms with Gasteiger partial charge in [-0.3, -0.25) is 4.21 Å². The zero-order chi connectivity index (χ0) is 9.97. The summed E-state index contributed by atoms with van der Waals surface area (Å²) in [7, 11) is 0. The molecule has 6 nitrogen and oxygen atoms in total. The van der Waals surface area contributed by atoms with Crippen LogP contribution in [0.4, 0.5) is 0 Å². The molecule has 0 aliphatic rings. The number of nitrogens with zero attached hydrogens (tertiary/aromatic N) is 3. The highest BCUT2D eigenvalue weighted by molar-refractivity contribution is 7.79. The third kappa shape index (κ3) is 1.54. The Bertz CT molecular complexity index is 456. The zero-order valence-electron chi connectivity index (χ0n) is 6.88. The van der Waals surface area contributed by atoms with E-state index < -0.39 is 11.1 Å². The topological polar surface area (TPSA) is 94.6 Å². The molecule has 0 spiro atoms. The summed E-state index contributed by atoms with van der Waals surface area (Å²) in [6.45, 7) is 0. The summed E-state index contributed by atoms with van der Waals surface area (Å²) in [5.41, 5.74) is 0.439. The van der Waals surface area contributed by atoms with Crippen molar-refractivity contribution < 1.29 is 8.76 Å². The van der Waals surface area contributed by atoms with Crippen LogP contribution in [0.5, 0.6) is 0 Å². The van der Waals surface area contributed by atoms with Crippen LogP contribution in [0.1, 0.15) is 0 Å². The standard InChI is InChI=1S/C7H6N4O2S/c12-14(13)6-4-2-1-3-5(6)7-8-10-11-9-7/h1-4H,(H,12,13)(H,8,9,10,11)/p-1. The van der Waals surface area contributed by atoms with Gasteiger partial charge in [0.1, 0.15) is 0 Å². The van der Waals surface area contributed by atoms with Gasteiger partial charge >= 0.3 is 0 Å². The molecule has 1 heterocycles. The SMILES string of the molecule is O=S([O-])c1ccccc1-c1nn[nH]n1. The lowest BCUT2D eigenvalue weighted by atomic mass is 10.2. The average Bonchev–Trinajstić information content (AvgIpc) is 2.70. The van der Waals surface area contributed by atoms with Gasteiger partial charge < -0.3 is 4.55 Å². The summed E-state index contributed by atoms with van der Waals surface area (Å²) in [6.07, 6.45) is 0. The van der Waals surface area contributed by atoms with Crippen molar-refractivity contribution in [3.8, 4) is 11.4 Å². The van der Waals surface area contributed by atoms with E-state index in [2.05, 4.69) is 20.6 Å². The Morgan fingerprint density at radius 2 is 2.14 bits per heavy atom. The fraction of sp³-hybridized carbons (Fsp3) is 0. The lowest BCUT2D eigenvalue weighted by Crippen LogP contribution is -1.93. The number of hydrogen-bond acceptors (Lipinski definition) is 5. The summed E-state index contributed by atoms with van der Waals surface area (Å²) in [6, 6.07) is 6.45. The molecule has 72 valence electrons. The van der Waals surface area contributed by atoms with Crippen molar-refractivity contribution in [2.24, 2.45) is 0 Å². The number of hydrogen-bond donors (Lipinski definition) is 1. The molecule has 14 heavy (non-hydrogen) atoms. The van der Waals surface area contributed by atoms with Crippen LogP contribution in [-0.4, -0.2) is 29.4 Å². The monoisotopic (exact) mass is 209 g/mol. The molecule has 0 saturated heterocycles. The van der Waals surface area contributed by atoms with Gasteiger partial charge in [-0.2, -0.15) is 5.21 Å². The van der Waals surface area contributed by atoms with Gasteiger partial charge in [0, 0.05) is 10.5 Å². The van der Waals surface area contributed by atoms with Crippen molar-refractivity contribution in [1.82, 2.24) is 20.6 Å². The first kappa shape index (κ1) is 8.97. The average molecular weight is 209 g/mol. The number of nitrogens with one attached hydrogen (secondary N) is 1. The van der Waals surface area contributed by atoms with Crippen LogP contribution in [0.2, 0.25) is 0 Å². The normalized spacial score (nSPS) is 12.6. The molecule has 0 aliphatic carbocycles. The maximum absolute atomic E-state index is 10.8. The van der Waals surface area contributed by atoms with Crippen LogP contribution in [0.3, 0.4) is 0 Å². The quantitative estimate of drug-likeness (QED) is 0.708. The van der Waals surface area contributed by atoms with E-state index in [1.54, 1.807) is 18.2 Å². The second-order valence-corrected chi connectivity index (χ2v) is 3.38. The number of aromatic amines is 1. The fourth-order valence-corrected chi connectivity index (χ4v) is 1.60.